The number of ketones is 1. The molecule has 5 nitrogen and oxygen atoms in total. The van der Waals surface area contributed by atoms with E-state index in [1.165, 1.54) is 0 Å². The molecule has 2 N–H and O–H groups in total. The molecule has 3 rings (SSSR count). The van der Waals surface area contributed by atoms with Crippen molar-refractivity contribution in [2.45, 2.75) is 32.2 Å². The lowest BCUT2D eigenvalue weighted by molar-refractivity contribution is -0.135. The molecule has 6 heteroatoms. The molecule has 0 aliphatic carbocycles. The van der Waals surface area contributed by atoms with Crippen molar-refractivity contribution in [2.24, 2.45) is 5.92 Å². The van der Waals surface area contributed by atoms with Crippen molar-refractivity contribution in [2.75, 3.05) is 5.32 Å². The maximum atomic E-state index is 13.0. The fourth-order valence-corrected chi connectivity index (χ4v) is 3.47. The first-order chi connectivity index (χ1) is 12.7. The zero-order chi connectivity index (χ0) is 19.8. The summed E-state index contributed by atoms with van der Waals surface area (Å²) in [6.07, 6.45) is 0. The minimum atomic E-state index is -1.40. The predicted octanol–water partition coefficient (Wildman–Crippen LogP) is 3.63. The van der Waals surface area contributed by atoms with E-state index in [9.17, 15) is 14.4 Å². The van der Waals surface area contributed by atoms with Gasteiger partial charge in [-0.3, -0.25) is 14.4 Å². The summed E-state index contributed by atoms with van der Waals surface area (Å²) in [6, 6.07) is 14.0. The molecule has 1 heterocycles. The molecule has 0 radical (unpaired) electrons. The van der Waals surface area contributed by atoms with Gasteiger partial charge in [-0.05, 0) is 42.2 Å². The number of rotatable bonds is 4. The Kier molecular flexibility index (Phi) is 5.07. The van der Waals surface area contributed by atoms with Crippen LogP contribution in [-0.4, -0.2) is 17.6 Å². The summed E-state index contributed by atoms with van der Waals surface area (Å²) >= 11 is 5.90. The Bertz CT molecular complexity index is 908. The van der Waals surface area contributed by atoms with Crippen molar-refractivity contribution in [3.63, 3.8) is 0 Å². The molecule has 27 heavy (non-hydrogen) atoms. The van der Waals surface area contributed by atoms with E-state index in [0.29, 0.717) is 16.3 Å². The van der Waals surface area contributed by atoms with Crippen molar-refractivity contribution in [3.8, 4) is 0 Å². The van der Waals surface area contributed by atoms with Gasteiger partial charge in [0, 0.05) is 10.7 Å². The first-order valence-electron chi connectivity index (χ1n) is 8.76. The largest absolute Gasteiger partial charge is 0.339 e. The number of hydrogen-bond donors (Lipinski definition) is 2. The minimum Gasteiger partial charge on any atom is -0.339 e. The summed E-state index contributed by atoms with van der Waals surface area (Å²) in [7, 11) is 0. The Morgan fingerprint density at radius 1 is 1.11 bits per heavy atom. The topological polar surface area (TPSA) is 75.3 Å². The third-order valence-electron chi connectivity index (χ3n) is 4.91. The first kappa shape index (κ1) is 19.1. The fraction of sp³-hybridized carbons (Fsp3) is 0.286. The van der Waals surface area contributed by atoms with E-state index in [-0.39, 0.29) is 5.92 Å². The summed E-state index contributed by atoms with van der Waals surface area (Å²) in [5.74, 6) is -2.91. The molecule has 1 fully saturated rings. The van der Waals surface area contributed by atoms with Crippen LogP contribution in [0.4, 0.5) is 5.69 Å². The second kappa shape index (κ2) is 7.16. The van der Waals surface area contributed by atoms with Crippen molar-refractivity contribution < 1.29 is 14.4 Å². The number of anilines is 1. The lowest BCUT2D eigenvalue weighted by Gasteiger charge is -2.23. The van der Waals surface area contributed by atoms with Crippen LogP contribution in [0.1, 0.15) is 37.8 Å². The van der Waals surface area contributed by atoms with Crippen LogP contribution in [0.15, 0.2) is 48.5 Å². The molecule has 2 aromatic rings. The summed E-state index contributed by atoms with van der Waals surface area (Å²) in [5, 5.41) is 5.96. The van der Waals surface area contributed by atoms with E-state index >= 15 is 0 Å². The van der Waals surface area contributed by atoms with Crippen LogP contribution >= 0.6 is 11.6 Å². The average Bonchev–Trinajstić information content (AvgIpc) is 2.85. The van der Waals surface area contributed by atoms with Crippen LogP contribution in [0, 0.1) is 5.92 Å². The summed E-state index contributed by atoms with van der Waals surface area (Å²) < 4.78 is 0. The Morgan fingerprint density at radius 3 is 2.37 bits per heavy atom. The number of carbonyl (C=O) groups is 3. The van der Waals surface area contributed by atoms with Crippen molar-refractivity contribution in [1.82, 2.24) is 5.32 Å². The monoisotopic (exact) mass is 384 g/mol. The number of Topliss-reactive ketones (excluding diaryl/α,β-unsaturated/α-hetero) is 1. The summed E-state index contributed by atoms with van der Waals surface area (Å²) in [5.41, 5.74) is 0.875. The minimum absolute atomic E-state index is 0.189. The normalized spacial score (nSPS) is 22.0. The standard InChI is InChI=1S/C21H21ClN2O3/c1-12(2)15-6-4-5-7-16(15)23-19(26)17-18(25)21(3,24-20(17)27)13-8-10-14(22)11-9-13/h4-12,17H,1-3H3,(H,23,26)(H,24,27). The highest BCUT2D eigenvalue weighted by molar-refractivity contribution is 6.30. The van der Waals surface area contributed by atoms with Crippen LogP contribution in [0.25, 0.3) is 0 Å². The van der Waals surface area contributed by atoms with Gasteiger partial charge < -0.3 is 10.6 Å². The molecule has 0 spiro atoms. The Labute approximate surface area is 163 Å². The predicted molar refractivity (Wildman–Crippen MR) is 105 cm³/mol. The highest BCUT2D eigenvalue weighted by Gasteiger charge is 2.53. The van der Waals surface area contributed by atoms with Gasteiger partial charge in [-0.15, -0.1) is 0 Å². The maximum absolute atomic E-state index is 13.0. The van der Waals surface area contributed by atoms with Crippen molar-refractivity contribution in [1.29, 1.82) is 0 Å². The highest BCUT2D eigenvalue weighted by Crippen LogP contribution is 2.33. The molecule has 140 valence electrons. The fourth-order valence-electron chi connectivity index (χ4n) is 3.34. The van der Waals surface area contributed by atoms with Crippen LogP contribution in [0.5, 0.6) is 0 Å². The molecule has 1 saturated heterocycles. The van der Waals surface area contributed by atoms with Crippen molar-refractivity contribution in [3.05, 3.63) is 64.7 Å². The van der Waals surface area contributed by atoms with Crippen LogP contribution in [-0.2, 0) is 19.9 Å². The van der Waals surface area contributed by atoms with E-state index < -0.39 is 29.1 Å². The van der Waals surface area contributed by atoms with E-state index in [1.54, 1.807) is 43.3 Å². The van der Waals surface area contributed by atoms with Crippen LogP contribution < -0.4 is 10.6 Å². The molecule has 2 amide bonds. The van der Waals surface area contributed by atoms with Crippen LogP contribution in [0.3, 0.4) is 0 Å². The van der Waals surface area contributed by atoms with E-state index in [0.717, 1.165) is 5.56 Å². The zero-order valence-electron chi connectivity index (χ0n) is 15.4. The van der Waals surface area contributed by atoms with Gasteiger partial charge in [0.1, 0.15) is 5.54 Å². The van der Waals surface area contributed by atoms with E-state index in [1.807, 2.05) is 26.0 Å². The Hall–Kier alpha value is -2.66. The molecule has 0 saturated carbocycles. The number of carbonyl (C=O) groups excluding carboxylic acids is 3. The molecule has 2 atom stereocenters. The third-order valence-corrected chi connectivity index (χ3v) is 5.17. The number of hydrogen-bond acceptors (Lipinski definition) is 3. The van der Waals surface area contributed by atoms with Gasteiger partial charge in [-0.2, -0.15) is 0 Å². The third kappa shape index (κ3) is 3.47. The summed E-state index contributed by atoms with van der Waals surface area (Å²) in [4.78, 5) is 38.2. The lowest BCUT2D eigenvalue weighted by atomic mass is 9.85. The molecule has 2 aromatic carbocycles. The average molecular weight is 385 g/mol. The lowest BCUT2D eigenvalue weighted by Crippen LogP contribution is -2.40. The second-order valence-corrected chi connectivity index (χ2v) is 7.59. The molecule has 0 bridgehead atoms. The number of nitrogens with one attached hydrogen (secondary N) is 2. The highest BCUT2D eigenvalue weighted by atomic mass is 35.5. The number of amides is 2. The molecule has 0 aromatic heterocycles. The Balaban J connectivity index is 1.87. The van der Waals surface area contributed by atoms with E-state index in [4.69, 9.17) is 11.6 Å². The smallest absolute Gasteiger partial charge is 0.244 e. The number of para-hydroxylation sites is 1. The van der Waals surface area contributed by atoms with Gasteiger partial charge in [0.05, 0.1) is 0 Å². The molecule has 1 aliphatic rings. The Morgan fingerprint density at radius 2 is 1.74 bits per heavy atom. The van der Waals surface area contributed by atoms with Crippen molar-refractivity contribution >= 4 is 34.9 Å². The second-order valence-electron chi connectivity index (χ2n) is 7.15. The summed E-state index contributed by atoms with van der Waals surface area (Å²) in [6.45, 7) is 5.62. The van der Waals surface area contributed by atoms with Gasteiger partial charge in [0.15, 0.2) is 11.7 Å². The maximum Gasteiger partial charge on any atom is 0.244 e. The van der Waals surface area contributed by atoms with Gasteiger partial charge in [0.25, 0.3) is 0 Å². The van der Waals surface area contributed by atoms with Gasteiger partial charge in [-0.25, -0.2) is 0 Å². The molecule has 1 aliphatic heterocycles. The van der Waals surface area contributed by atoms with Crippen LogP contribution in [0.2, 0.25) is 5.02 Å². The first-order valence-corrected chi connectivity index (χ1v) is 9.14. The molecular formula is C21H21ClN2O3. The quantitative estimate of drug-likeness (QED) is 0.790. The van der Waals surface area contributed by atoms with Gasteiger partial charge in [-0.1, -0.05) is 55.8 Å². The zero-order valence-corrected chi connectivity index (χ0v) is 16.1. The van der Waals surface area contributed by atoms with Gasteiger partial charge in [0.2, 0.25) is 11.8 Å². The molecule has 2 unspecified atom stereocenters. The van der Waals surface area contributed by atoms with Gasteiger partial charge >= 0.3 is 0 Å². The molecular weight excluding hydrogens is 364 g/mol. The van der Waals surface area contributed by atoms with E-state index in [2.05, 4.69) is 10.6 Å². The number of benzene rings is 2. The number of halogens is 1. The SMILES string of the molecule is CC(C)c1ccccc1NC(=O)C1C(=O)NC(C)(c2ccc(Cl)cc2)C1=O.